The molecule has 0 aliphatic carbocycles. The molecule has 1 aromatic rings. The Kier molecular flexibility index (Phi) is 4.71. The lowest BCUT2D eigenvalue weighted by Gasteiger charge is -2.16. The maximum Gasteiger partial charge on any atom is 0.256 e. The lowest BCUT2D eigenvalue weighted by Crippen LogP contribution is -2.30. The van der Waals surface area contributed by atoms with Gasteiger partial charge in [-0.1, -0.05) is 11.6 Å². The number of halogens is 2. The molecule has 0 N–H and O–H groups in total. The van der Waals surface area contributed by atoms with E-state index in [0.29, 0.717) is 18.2 Å². The fourth-order valence-corrected chi connectivity index (χ4v) is 1.37. The molecule has 0 unspecified atom stereocenters. The van der Waals surface area contributed by atoms with E-state index in [1.54, 1.807) is 7.05 Å². The van der Waals surface area contributed by atoms with E-state index >= 15 is 0 Å². The molecule has 0 radical (unpaired) electrons. The fourth-order valence-electron chi connectivity index (χ4n) is 1.20. The number of methoxy groups -OCH3 is 1. The van der Waals surface area contributed by atoms with Gasteiger partial charge in [0.15, 0.2) is 0 Å². The van der Waals surface area contributed by atoms with Crippen molar-refractivity contribution in [3.8, 4) is 0 Å². The first-order valence-electron chi connectivity index (χ1n) is 4.75. The van der Waals surface area contributed by atoms with Crippen molar-refractivity contribution in [2.75, 3.05) is 27.3 Å². The van der Waals surface area contributed by atoms with Crippen LogP contribution in [0.3, 0.4) is 0 Å². The summed E-state index contributed by atoms with van der Waals surface area (Å²) in [5.74, 6) is -0.976. The number of benzene rings is 1. The topological polar surface area (TPSA) is 29.5 Å². The van der Waals surface area contributed by atoms with Gasteiger partial charge in [0.05, 0.1) is 12.2 Å². The molecule has 0 aliphatic rings. The molecule has 0 spiro atoms. The molecular formula is C11H13ClFNO2. The van der Waals surface area contributed by atoms with Gasteiger partial charge in [0.25, 0.3) is 5.91 Å². The molecular weight excluding hydrogens is 233 g/mol. The Morgan fingerprint density at radius 3 is 2.88 bits per heavy atom. The normalized spacial score (nSPS) is 10.2. The maximum atomic E-state index is 13.4. The van der Waals surface area contributed by atoms with Crippen LogP contribution in [0, 0.1) is 5.82 Å². The smallest absolute Gasteiger partial charge is 0.256 e. The Labute approximate surface area is 98.8 Å². The first-order valence-corrected chi connectivity index (χ1v) is 5.13. The SMILES string of the molecule is COCCN(C)C(=O)c1cc(Cl)ccc1F. The number of hydrogen-bond acceptors (Lipinski definition) is 2. The number of amides is 1. The molecule has 0 saturated heterocycles. The molecule has 1 amide bonds. The van der Waals surface area contributed by atoms with E-state index in [9.17, 15) is 9.18 Å². The summed E-state index contributed by atoms with van der Waals surface area (Å²) in [6.45, 7) is 0.811. The first-order chi connectivity index (χ1) is 7.56. The molecule has 5 heteroatoms. The minimum atomic E-state index is -0.571. The lowest BCUT2D eigenvalue weighted by molar-refractivity contribution is 0.0739. The van der Waals surface area contributed by atoms with Crippen molar-refractivity contribution in [2.24, 2.45) is 0 Å². The molecule has 0 aliphatic heterocycles. The Balaban J connectivity index is 2.83. The van der Waals surface area contributed by atoms with Crippen molar-refractivity contribution in [1.29, 1.82) is 0 Å². The number of nitrogens with zero attached hydrogens (tertiary/aromatic N) is 1. The van der Waals surface area contributed by atoms with Crippen LogP contribution in [0.25, 0.3) is 0 Å². The zero-order chi connectivity index (χ0) is 12.1. The predicted molar refractivity (Wildman–Crippen MR) is 60.2 cm³/mol. The number of carbonyl (C=O) groups excluding carboxylic acids is 1. The molecule has 0 aromatic heterocycles. The number of carbonyl (C=O) groups is 1. The Bertz CT molecular complexity index is 384. The quantitative estimate of drug-likeness (QED) is 0.814. The Hall–Kier alpha value is -1.13. The minimum Gasteiger partial charge on any atom is -0.383 e. The average molecular weight is 246 g/mol. The molecule has 88 valence electrons. The van der Waals surface area contributed by atoms with E-state index in [1.165, 1.54) is 30.2 Å². The molecule has 0 fully saturated rings. The molecule has 1 rings (SSSR count). The van der Waals surface area contributed by atoms with Gasteiger partial charge in [-0.25, -0.2) is 4.39 Å². The summed E-state index contributed by atoms with van der Waals surface area (Å²) >= 11 is 5.71. The third-order valence-corrected chi connectivity index (χ3v) is 2.37. The van der Waals surface area contributed by atoms with Crippen LogP contribution < -0.4 is 0 Å². The summed E-state index contributed by atoms with van der Waals surface area (Å²) in [7, 11) is 3.12. The lowest BCUT2D eigenvalue weighted by atomic mass is 10.2. The van der Waals surface area contributed by atoms with Crippen molar-refractivity contribution >= 4 is 17.5 Å². The first kappa shape index (κ1) is 12.9. The average Bonchev–Trinajstić information content (AvgIpc) is 2.28. The molecule has 0 atom stereocenters. The van der Waals surface area contributed by atoms with Crippen molar-refractivity contribution in [3.63, 3.8) is 0 Å². The van der Waals surface area contributed by atoms with Gasteiger partial charge in [-0.2, -0.15) is 0 Å². The number of ether oxygens (including phenoxy) is 1. The third-order valence-electron chi connectivity index (χ3n) is 2.14. The number of likely N-dealkylation sites (N-methyl/N-ethyl adjacent to an activating group) is 1. The van der Waals surface area contributed by atoms with Gasteiger partial charge >= 0.3 is 0 Å². The Morgan fingerprint density at radius 1 is 1.56 bits per heavy atom. The van der Waals surface area contributed by atoms with E-state index in [2.05, 4.69) is 0 Å². The van der Waals surface area contributed by atoms with Crippen LogP contribution in [0.15, 0.2) is 18.2 Å². The standard InChI is InChI=1S/C11H13ClFNO2/c1-14(5-6-16-2)11(15)9-7-8(12)3-4-10(9)13/h3-4,7H,5-6H2,1-2H3. The van der Waals surface area contributed by atoms with Crippen molar-refractivity contribution in [3.05, 3.63) is 34.6 Å². The van der Waals surface area contributed by atoms with Crippen molar-refractivity contribution < 1.29 is 13.9 Å². The van der Waals surface area contributed by atoms with Gasteiger partial charge in [-0.3, -0.25) is 4.79 Å². The highest BCUT2D eigenvalue weighted by Crippen LogP contribution is 2.16. The van der Waals surface area contributed by atoms with Gasteiger partial charge in [-0.05, 0) is 18.2 Å². The highest BCUT2D eigenvalue weighted by Gasteiger charge is 2.16. The molecule has 16 heavy (non-hydrogen) atoms. The minimum absolute atomic E-state index is 0.0221. The van der Waals surface area contributed by atoms with Crippen LogP contribution >= 0.6 is 11.6 Å². The molecule has 1 aromatic carbocycles. The summed E-state index contributed by atoms with van der Waals surface area (Å²) in [6, 6.07) is 3.91. The summed E-state index contributed by atoms with van der Waals surface area (Å²) < 4.78 is 18.2. The van der Waals surface area contributed by atoms with E-state index in [0.717, 1.165) is 0 Å². The van der Waals surface area contributed by atoms with Crippen LogP contribution in [0.4, 0.5) is 4.39 Å². The number of hydrogen-bond donors (Lipinski definition) is 0. The maximum absolute atomic E-state index is 13.4. The molecule has 0 heterocycles. The van der Waals surface area contributed by atoms with Crippen molar-refractivity contribution in [1.82, 2.24) is 4.90 Å². The second-order valence-electron chi connectivity index (χ2n) is 3.34. The second kappa shape index (κ2) is 5.82. The second-order valence-corrected chi connectivity index (χ2v) is 3.78. The van der Waals surface area contributed by atoms with Crippen LogP contribution in [-0.4, -0.2) is 38.1 Å². The van der Waals surface area contributed by atoms with Crippen LogP contribution in [0.1, 0.15) is 10.4 Å². The molecule has 3 nitrogen and oxygen atoms in total. The van der Waals surface area contributed by atoms with E-state index in [4.69, 9.17) is 16.3 Å². The van der Waals surface area contributed by atoms with E-state index < -0.39 is 11.7 Å². The molecule has 0 bridgehead atoms. The van der Waals surface area contributed by atoms with Crippen LogP contribution in [0.5, 0.6) is 0 Å². The zero-order valence-corrected chi connectivity index (χ0v) is 9.92. The van der Waals surface area contributed by atoms with E-state index in [1.807, 2.05) is 0 Å². The van der Waals surface area contributed by atoms with Crippen LogP contribution in [0.2, 0.25) is 5.02 Å². The Morgan fingerprint density at radius 2 is 2.25 bits per heavy atom. The zero-order valence-electron chi connectivity index (χ0n) is 9.17. The van der Waals surface area contributed by atoms with Crippen molar-refractivity contribution in [2.45, 2.75) is 0 Å². The van der Waals surface area contributed by atoms with Gasteiger partial charge in [0.2, 0.25) is 0 Å². The summed E-state index contributed by atoms with van der Waals surface area (Å²) in [5, 5.41) is 0.338. The highest BCUT2D eigenvalue weighted by molar-refractivity contribution is 6.30. The van der Waals surface area contributed by atoms with Gasteiger partial charge in [0.1, 0.15) is 5.82 Å². The summed E-state index contributed by atoms with van der Waals surface area (Å²) in [5.41, 5.74) is -0.0221. The fraction of sp³-hybridized carbons (Fsp3) is 0.364. The third kappa shape index (κ3) is 3.18. The largest absolute Gasteiger partial charge is 0.383 e. The number of rotatable bonds is 4. The monoisotopic (exact) mass is 245 g/mol. The van der Waals surface area contributed by atoms with Gasteiger partial charge in [-0.15, -0.1) is 0 Å². The summed E-state index contributed by atoms with van der Waals surface area (Å²) in [6.07, 6.45) is 0. The predicted octanol–water partition coefficient (Wildman–Crippen LogP) is 2.20. The van der Waals surface area contributed by atoms with Gasteiger partial charge in [0, 0.05) is 25.7 Å². The van der Waals surface area contributed by atoms with Gasteiger partial charge < -0.3 is 9.64 Å². The molecule has 0 saturated carbocycles. The summed E-state index contributed by atoms with van der Waals surface area (Å²) in [4.78, 5) is 13.2. The van der Waals surface area contributed by atoms with Crippen LogP contribution in [-0.2, 0) is 4.74 Å². The highest BCUT2D eigenvalue weighted by atomic mass is 35.5. The van der Waals surface area contributed by atoms with E-state index in [-0.39, 0.29) is 5.56 Å².